The Morgan fingerprint density at radius 2 is 2.06 bits per heavy atom. The first-order valence-electron chi connectivity index (χ1n) is 5.58. The number of carbonyl (C=O) groups excluding carboxylic acids is 1. The normalized spacial score (nSPS) is 24.7. The highest BCUT2D eigenvalue weighted by Crippen LogP contribution is 2.18. The van der Waals surface area contributed by atoms with E-state index in [2.05, 4.69) is 5.32 Å². The van der Waals surface area contributed by atoms with E-state index < -0.39 is 11.5 Å². The van der Waals surface area contributed by atoms with E-state index in [4.69, 9.17) is 9.84 Å². The largest absolute Gasteiger partial charge is 0.480 e. The SMILES string of the molecule is COC1CNC(C(=O)N(C)C(C)(C)C(=O)O)C1. The van der Waals surface area contributed by atoms with Crippen molar-refractivity contribution < 1.29 is 19.4 Å². The maximum absolute atomic E-state index is 12.1. The second-order valence-electron chi connectivity index (χ2n) is 4.82. The lowest BCUT2D eigenvalue weighted by Gasteiger charge is -2.33. The van der Waals surface area contributed by atoms with Crippen LogP contribution in [0, 0.1) is 0 Å². The van der Waals surface area contributed by atoms with Crippen LogP contribution in [0.3, 0.4) is 0 Å². The second kappa shape index (κ2) is 5.01. The molecule has 1 saturated heterocycles. The maximum Gasteiger partial charge on any atom is 0.329 e. The average Bonchev–Trinajstić information content (AvgIpc) is 2.75. The first-order chi connectivity index (χ1) is 7.80. The topological polar surface area (TPSA) is 78.9 Å². The summed E-state index contributed by atoms with van der Waals surface area (Å²) in [7, 11) is 3.11. The summed E-state index contributed by atoms with van der Waals surface area (Å²) < 4.78 is 5.15. The number of aliphatic carboxylic acids is 1. The third kappa shape index (κ3) is 2.76. The van der Waals surface area contributed by atoms with Crippen molar-refractivity contribution in [3.05, 3.63) is 0 Å². The maximum atomic E-state index is 12.1. The van der Waals surface area contributed by atoms with Gasteiger partial charge >= 0.3 is 5.97 Å². The highest BCUT2D eigenvalue weighted by molar-refractivity contribution is 5.89. The molecule has 1 aliphatic heterocycles. The molecule has 2 unspecified atom stereocenters. The molecule has 0 aromatic heterocycles. The molecule has 17 heavy (non-hydrogen) atoms. The lowest BCUT2D eigenvalue weighted by molar-refractivity contribution is -0.156. The van der Waals surface area contributed by atoms with Gasteiger partial charge in [-0.15, -0.1) is 0 Å². The highest BCUT2D eigenvalue weighted by atomic mass is 16.5. The van der Waals surface area contributed by atoms with Crippen molar-refractivity contribution in [2.75, 3.05) is 20.7 Å². The molecule has 98 valence electrons. The zero-order chi connectivity index (χ0) is 13.2. The van der Waals surface area contributed by atoms with Gasteiger partial charge in [0.2, 0.25) is 5.91 Å². The molecule has 2 atom stereocenters. The molecule has 0 spiro atoms. The van der Waals surface area contributed by atoms with Crippen LogP contribution >= 0.6 is 0 Å². The number of rotatable bonds is 4. The number of hydrogen-bond donors (Lipinski definition) is 2. The Morgan fingerprint density at radius 3 is 2.47 bits per heavy atom. The fourth-order valence-electron chi connectivity index (χ4n) is 1.72. The lowest BCUT2D eigenvalue weighted by Crippen LogP contribution is -2.55. The molecule has 1 rings (SSSR count). The minimum atomic E-state index is -1.20. The lowest BCUT2D eigenvalue weighted by atomic mass is 10.0. The summed E-state index contributed by atoms with van der Waals surface area (Å²) in [6.07, 6.45) is 0.598. The van der Waals surface area contributed by atoms with Gasteiger partial charge in [-0.25, -0.2) is 4.79 Å². The van der Waals surface area contributed by atoms with Crippen molar-refractivity contribution in [1.82, 2.24) is 10.2 Å². The summed E-state index contributed by atoms with van der Waals surface area (Å²) in [4.78, 5) is 24.4. The fraction of sp³-hybridized carbons (Fsp3) is 0.818. The number of nitrogens with zero attached hydrogens (tertiary/aromatic N) is 1. The summed E-state index contributed by atoms with van der Waals surface area (Å²) in [5, 5.41) is 12.1. The van der Waals surface area contributed by atoms with E-state index in [-0.39, 0.29) is 18.1 Å². The van der Waals surface area contributed by atoms with Gasteiger partial charge in [-0.3, -0.25) is 4.79 Å². The molecule has 1 heterocycles. The van der Waals surface area contributed by atoms with Gasteiger partial charge in [0.05, 0.1) is 12.1 Å². The Labute approximate surface area is 101 Å². The van der Waals surface area contributed by atoms with Crippen LogP contribution in [-0.2, 0) is 14.3 Å². The van der Waals surface area contributed by atoms with Gasteiger partial charge in [0.1, 0.15) is 5.54 Å². The number of ether oxygens (including phenoxy) is 1. The van der Waals surface area contributed by atoms with Crippen molar-refractivity contribution >= 4 is 11.9 Å². The molecule has 6 nitrogen and oxygen atoms in total. The first kappa shape index (κ1) is 13.9. The number of amides is 1. The van der Waals surface area contributed by atoms with Crippen molar-refractivity contribution in [3.63, 3.8) is 0 Å². The summed E-state index contributed by atoms with van der Waals surface area (Å²) in [5.41, 5.74) is -1.20. The minimum Gasteiger partial charge on any atom is -0.480 e. The van der Waals surface area contributed by atoms with E-state index in [0.717, 1.165) is 0 Å². The number of likely N-dealkylation sites (N-methyl/N-ethyl adjacent to an activating group) is 1. The van der Waals surface area contributed by atoms with E-state index >= 15 is 0 Å². The fourth-order valence-corrected chi connectivity index (χ4v) is 1.72. The number of hydrogen-bond acceptors (Lipinski definition) is 4. The van der Waals surface area contributed by atoms with Gasteiger partial charge in [-0.05, 0) is 20.3 Å². The Balaban J connectivity index is 2.68. The van der Waals surface area contributed by atoms with Crippen LogP contribution in [0.4, 0.5) is 0 Å². The van der Waals surface area contributed by atoms with Crippen LogP contribution in [-0.4, -0.2) is 60.3 Å². The van der Waals surface area contributed by atoms with Crippen molar-refractivity contribution in [2.24, 2.45) is 0 Å². The molecule has 0 aromatic carbocycles. The zero-order valence-electron chi connectivity index (χ0n) is 10.7. The van der Waals surface area contributed by atoms with Crippen LogP contribution in [0.25, 0.3) is 0 Å². The van der Waals surface area contributed by atoms with Gasteiger partial charge < -0.3 is 20.1 Å². The van der Waals surface area contributed by atoms with E-state index in [0.29, 0.717) is 13.0 Å². The summed E-state index contributed by atoms with van der Waals surface area (Å²) >= 11 is 0. The molecule has 0 saturated carbocycles. The van der Waals surface area contributed by atoms with Crippen molar-refractivity contribution in [1.29, 1.82) is 0 Å². The van der Waals surface area contributed by atoms with Gasteiger partial charge in [0.15, 0.2) is 0 Å². The quantitative estimate of drug-likeness (QED) is 0.709. The standard InChI is InChI=1S/C11H20N2O4/c1-11(2,10(15)16)13(3)9(14)8-5-7(17-4)6-12-8/h7-8,12H,5-6H2,1-4H3,(H,15,16). The number of carboxylic acids is 1. The minimum absolute atomic E-state index is 0.0188. The molecule has 6 heteroatoms. The molecule has 0 aliphatic carbocycles. The van der Waals surface area contributed by atoms with Crippen LogP contribution in [0.15, 0.2) is 0 Å². The summed E-state index contributed by atoms with van der Waals surface area (Å²) in [5.74, 6) is -1.23. The predicted octanol–water partition coefficient (Wildman–Crippen LogP) is -0.315. The molecule has 2 N–H and O–H groups in total. The van der Waals surface area contributed by atoms with Crippen molar-refractivity contribution in [3.8, 4) is 0 Å². The first-order valence-corrected chi connectivity index (χ1v) is 5.58. The second-order valence-corrected chi connectivity index (χ2v) is 4.82. The number of nitrogens with one attached hydrogen (secondary N) is 1. The Morgan fingerprint density at radius 1 is 1.47 bits per heavy atom. The van der Waals surface area contributed by atoms with E-state index in [1.165, 1.54) is 25.8 Å². The highest BCUT2D eigenvalue weighted by Gasteiger charge is 2.40. The molecular formula is C11H20N2O4. The Hall–Kier alpha value is -1.14. The van der Waals surface area contributed by atoms with Crippen LogP contribution < -0.4 is 5.32 Å². The Kier molecular flexibility index (Phi) is 4.11. The molecule has 1 aliphatic rings. The third-order valence-corrected chi connectivity index (χ3v) is 3.41. The van der Waals surface area contributed by atoms with E-state index in [1.807, 2.05) is 0 Å². The van der Waals surface area contributed by atoms with E-state index in [9.17, 15) is 9.59 Å². The molecule has 1 amide bonds. The molecular weight excluding hydrogens is 224 g/mol. The molecule has 0 aromatic rings. The van der Waals surface area contributed by atoms with E-state index in [1.54, 1.807) is 7.11 Å². The smallest absolute Gasteiger partial charge is 0.329 e. The molecule has 1 fully saturated rings. The van der Waals surface area contributed by atoms with Gasteiger partial charge in [0.25, 0.3) is 0 Å². The Bertz CT molecular complexity index is 317. The number of carbonyl (C=O) groups is 2. The average molecular weight is 244 g/mol. The molecule has 0 radical (unpaired) electrons. The third-order valence-electron chi connectivity index (χ3n) is 3.41. The van der Waals surface area contributed by atoms with Crippen LogP contribution in [0.2, 0.25) is 0 Å². The van der Waals surface area contributed by atoms with Gasteiger partial charge in [0, 0.05) is 20.7 Å². The molecule has 0 bridgehead atoms. The van der Waals surface area contributed by atoms with Crippen LogP contribution in [0.5, 0.6) is 0 Å². The van der Waals surface area contributed by atoms with Gasteiger partial charge in [-0.2, -0.15) is 0 Å². The number of carboxylic acid groups (broad SMARTS) is 1. The van der Waals surface area contributed by atoms with Crippen molar-refractivity contribution in [2.45, 2.75) is 38.0 Å². The van der Waals surface area contributed by atoms with Crippen LogP contribution in [0.1, 0.15) is 20.3 Å². The van der Waals surface area contributed by atoms with Gasteiger partial charge in [-0.1, -0.05) is 0 Å². The number of methoxy groups -OCH3 is 1. The summed E-state index contributed by atoms with van der Waals surface area (Å²) in [6, 6.07) is -0.358. The zero-order valence-corrected chi connectivity index (χ0v) is 10.7. The summed E-state index contributed by atoms with van der Waals surface area (Å²) in [6.45, 7) is 3.64. The predicted molar refractivity (Wildman–Crippen MR) is 61.7 cm³/mol. The monoisotopic (exact) mass is 244 g/mol.